The number of aromatic nitrogens is 1. The van der Waals surface area contributed by atoms with Crippen LogP contribution in [0.15, 0.2) is 24.5 Å². The van der Waals surface area contributed by atoms with Gasteiger partial charge in [-0.15, -0.1) is 0 Å². The molecule has 0 saturated carbocycles. The van der Waals surface area contributed by atoms with Crippen molar-refractivity contribution in [2.75, 3.05) is 6.54 Å². The van der Waals surface area contributed by atoms with E-state index < -0.39 is 5.97 Å². The van der Waals surface area contributed by atoms with Crippen molar-refractivity contribution in [3.63, 3.8) is 0 Å². The molecule has 2 amide bonds. The first kappa shape index (κ1) is 15.9. The number of carboxylic acid groups (broad SMARTS) is 1. The molecular weight excluding hydrogens is 258 g/mol. The third-order valence-corrected chi connectivity index (χ3v) is 2.91. The van der Waals surface area contributed by atoms with Crippen molar-refractivity contribution >= 4 is 12.0 Å². The third kappa shape index (κ3) is 6.72. The Balaban J connectivity index is 2.13. The Morgan fingerprint density at radius 1 is 1.25 bits per heavy atom. The fraction of sp³-hybridized carbons (Fsp3) is 0.500. The zero-order valence-corrected chi connectivity index (χ0v) is 11.6. The molecule has 0 aliphatic heterocycles. The van der Waals surface area contributed by atoms with E-state index in [-0.39, 0.29) is 18.5 Å². The number of amides is 2. The number of nitrogens with zero attached hydrogens (tertiary/aromatic N) is 1. The van der Waals surface area contributed by atoms with Gasteiger partial charge in [0, 0.05) is 25.4 Å². The van der Waals surface area contributed by atoms with E-state index in [0.717, 1.165) is 18.4 Å². The minimum absolute atomic E-state index is 0.0787. The fourth-order valence-electron chi connectivity index (χ4n) is 1.76. The SMILES string of the molecule is CC(NC(=O)NCCCCCC(=O)O)c1ccncc1. The minimum Gasteiger partial charge on any atom is -0.481 e. The van der Waals surface area contributed by atoms with E-state index in [1.165, 1.54) is 0 Å². The largest absolute Gasteiger partial charge is 0.481 e. The molecule has 1 rings (SSSR count). The summed E-state index contributed by atoms with van der Waals surface area (Å²) in [6.45, 7) is 2.45. The predicted octanol–water partition coefficient (Wildman–Crippen LogP) is 2.09. The number of nitrogens with one attached hydrogen (secondary N) is 2. The zero-order chi connectivity index (χ0) is 14.8. The Morgan fingerprint density at radius 2 is 1.95 bits per heavy atom. The molecule has 0 radical (unpaired) electrons. The van der Waals surface area contributed by atoms with Gasteiger partial charge in [0.05, 0.1) is 6.04 Å². The van der Waals surface area contributed by atoms with Gasteiger partial charge in [-0.3, -0.25) is 9.78 Å². The van der Waals surface area contributed by atoms with Gasteiger partial charge in [0.15, 0.2) is 0 Å². The number of hydrogen-bond donors (Lipinski definition) is 3. The van der Waals surface area contributed by atoms with Crippen LogP contribution < -0.4 is 10.6 Å². The van der Waals surface area contributed by atoms with Gasteiger partial charge in [0.1, 0.15) is 0 Å². The van der Waals surface area contributed by atoms with Crippen LogP contribution in [0.25, 0.3) is 0 Å². The van der Waals surface area contributed by atoms with Crippen LogP contribution in [0.1, 0.15) is 44.2 Å². The zero-order valence-electron chi connectivity index (χ0n) is 11.6. The highest BCUT2D eigenvalue weighted by Crippen LogP contribution is 2.09. The van der Waals surface area contributed by atoms with Crippen LogP contribution in [0, 0.1) is 0 Å². The second-order valence-corrected chi connectivity index (χ2v) is 4.61. The summed E-state index contributed by atoms with van der Waals surface area (Å²) in [6.07, 6.45) is 5.79. The van der Waals surface area contributed by atoms with Gasteiger partial charge in [-0.05, 0) is 37.5 Å². The first-order valence-electron chi connectivity index (χ1n) is 6.75. The van der Waals surface area contributed by atoms with Gasteiger partial charge >= 0.3 is 12.0 Å². The highest BCUT2D eigenvalue weighted by Gasteiger charge is 2.08. The number of rotatable bonds is 8. The van der Waals surface area contributed by atoms with Crippen molar-refractivity contribution in [3.8, 4) is 0 Å². The van der Waals surface area contributed by atoms with Crippen LogP contribution >= 0.6 is 0 Å². The minimum atomic E-state index is -0.776. The smallest absolute Gasteiger partial charge is 0.315 e. The molecule has 0 saturated heterocycles. The van der Waals surface area contributed by atoms with Crippen molar-refractivity contribution in [1.82, 2.24) is 15.6 Å². The monoisotopic (exact) mass is 279 g/mol. The van der Waals surface area contributed by atoms with E-state index in [1.807, 2.05) is 19.1 Å². The molecule has 0 fully saturated rings. The average molecular weight is 279 g/mol. The number of carbonyl (C=O) groups excluding carboxylic acids is 1. The molecular formula is C14H21N3O3. The molecule has 1 heterocycles. The van der Waals surface area contributed by atoms with Gasteiger partial charge in [-0.2, -0.15) is 0 Å². The molecule has 1 atom stereocenters. The van der Waals surface area contributed by atoms with Gasteiger partial charge in [0.2, 0.25) is 0 Å². The van der Waals surface area contributed by atoms with Crippen LogP contribution in [0.3, 0.4) is 0 Å². The van der Waals surface area contributed by atoms with Gasteiger partial charge in [-0.1, -0.05) is 6.42 Å². The van der Waals surface area contributed by atoms with Crippen molar-refractivity contribution in [3.05, 3.63) is 30.1 Å². The molecule has 1 aromatic rings. The van der Waals surface area contributed by atoms with Crippen LogP contribution in [-0.4, -0.2) is 28.6 Å². The van der Waals surface area contributed by atoms with Gasteiger partial charge < -0.3 is 15.7 Å². The lowest BCUT2D eigenvalue weighted by Crippen LogP contribution is -2.37. The van der Waals surface area contributed by atoms with E-state index in [2.05, 4.69) is 15.6 Å². The number of pyridine rings is 1. The highest BCUT2D eigenvalue weighted by molar-refractivity contribution is 5.74. The van der Waals surface area contributed by atoms with Crippen LogP contribution in [0.2, 0.25) is 0 Å². The standard InChI is InChI=1S/C14H21N3O3/c1-11(12-6-9-15-10-7-12)17-14(20)16-8-4-2-3-5-13(18)19/h6-7,9-11H,2-5,8H2,1H3,(H,18,19)(H2,16,17,20). The molecule has 20 heavy (non-hydrogen) atoms. The molecule has 0 aliphatic rings. The molecule has 1 unspecified atom stereocenters. The molecule has 0 aromatic carbocycles. The average Bonchev–Trinajstić information content (AvgIpc) is 2.43. The van der Waals surface area contributed by atoms with Crippen molar-refractivity contribution in [2.24, 2.45) is 0 Å². The molecule has 1 aromatic heterocycles. The maximum Gasteiger partial charge on any atom is 0.315 e. The normalized spacial score (nSPS) is 11.7. The highest BCUT2D eigenvalue weighted by atomic mass is 16.4. The molecule has 0 spiro atoms. The number of unbranched alkanes of at least 4 members (excludes halogenated alkanes) is 2. The van der Waals surface area contributed by atoms with Crippen LogP contribution in [0.4, 0.5) is 4.79 Å². The Kier molecular flexibility index (Phi) is 7.10. The predicted molar refractivity (Wildman–Crippen MR) is 75.3 cm³/mol. The fourth-order valence-corrected chi connectivity index (χ4v) is 1.76. The quantitative estimate of drug-likeness (QED) is 0.635. The molecule has 0 bridgehead atoms. The summed E-state index contributed by atoms with van der Waals surface area (Å²) < 4.78 is 0. The molecule has 6 nitrogen and oxygen atoms in total. The maximum atomic E-state index is 11.6. The Bertz CT molecular complexity index is 423. The maximum absolute atomic E-state index is 11.6. The summed E-state index contributed by atoms with van der Waals surface area (Å²) in [5.41, 5.74) is 0.997. The number of hydrogen-bond acceptors (Lipinski definition) is 3. The summed E-state index contributed by atoms with van der Waals surface area (Å²) >= 11 is 0. The number of urea groups is 1. The lowest BCUT2D eigenvalue weighted by Gasteiger charge is -2.14. The summed E-state index contributed by atoms with van der Waals surface area (Å²) in [5, 5.41) is 14.1. The van der Waals surface area contributed by atoms with Crippen molar-refractivity contribution in [1.29, 1.82) is 0 Å². The second kappa shape index (κ2) is 8.90. The summed E-state index contributed by atoms with van der Waals surface area (Å²) in [4.78, 5) is 25.9. The number of carbonyl (C=O) groups is 2. The summed E-state index contributed by atoms with van der Waals surface area (Å²) in [5.74, 6) is -0.776. The second-order valence-electron chi connectivity index (χ2n) is 4.61. The first-order valence-corrected chi connectivity index (χ1v) is 6.75. The van der Waals surface area contributed by atoms with E-state index in [9.17, 15) is 9.59 Å². The number of aliphatic carboxylic acids is 1. The number of carboxylic acids is 1. The first-order chi connectivity index (χ1) is 9.59. The summed E-state index contributed by atoms with van der Waals surface area (Å²) in [6, 6.07) is 3.42. The van der Waals surface area contributed by atoms with Gasteiger partial charge in [0.25, 0.3) is 0 Å². The molecule has 6 heteroatoms. The Morgan fingerprint density at radius 3 is 2.60 bits per heavy atom. The molecule has 110 valence electrons. The van der Waals surface area contributed by atoms with Crippen molar-refractivity contribution < 1.29 is 14.7 Å². The lowest BCUT2D eigenvalue weighted by molar-refractivity contribution is -0.137. The van der Waals surface area contributed by atoms with E-state index in [1.54, 1.807) is 12.4 Å². The Hall–Kier alpha value is -2.11. The van der Waals surface area contributed by atoms with Gasteiger partial charge in [-0.25, -0.2) is 4.79 Å². The topological polar surface area (TPSA) is 91.3 Å². The third-order valence-electron chi connectivity index (χ3n) is 2.91. The molecule has 0 aliphatic carbocycles. The van der Waals surface area contributed by atoms with E-state index in [4.69, 9.17) is 5.11 Å². The van der Waals surface area contributed by atoms with Crippen LogP contribution in [0.5, 0.6) is 0 Å². The summed E-state index contributed by atoms with van der Waals surface area (Å²) in [7, 11) is 0. The Labute approximate surface area is 118 Å². The lowest BCUT2D eigenvalue weighted by atomic mass is 10.1. The van der Waals surface area contributed by atoms with Crippen LogP contribution in [-0.2, 0) is 4.79 Å². The molecule has 3 N–H and O–H groups in total. The van der Waals surface area contributed by atoms with E-state index >= 15 is 0 Å². The van der Waals surface area contributed by atoms with Crippen molar-refractivity contribution in [2.45, 2.75) is 38.6 Å². The van der Waals surface area contributed by atoms with E-state index in [0.29, 0.717) is 13.0 Å².